The molecule has 0 saturated heterocycles. The highest BCUT2D eigenvalue weighted by atomic mass is 16.5. The van der Waals surface area contributed by atoms with Gasteiger partial charge in [-0.25, -0.2) is 0 Å². The first-order chi connectivity index (χ1) is 5.95. The number of carbonyl (C=O) groups excluding carboxylic acids is 2. The highest BCUT2D eigenvalue weighted by molar-refractivity contribution is 5.72. The van der Waals surface area contributed by atoms with Crippen molar-refractivity contribution in [2.24, 2.45) is 0 Å². The molecule has 0 saturated carbocycles. The number of ether oxygens (including phenoxy) is 1. The smallest absolute Gasteiger partial charge is 0.302 e. The van der Waals surface area contributed by atoms with Crippen molar-refractivity contribution in [3.05, 3.63) is 0 Å². The number of hydrogen-bond donors (Lipinski definition) is 1. The maximum absolute atomic E-state index is 10.1. The van der Waals surface area contributed by atoms with Crippen LogP contribution in [0.25, 0.3) is 0 Å². The molecule has 0 aromatic rings. The van der Waals surface area contributed by atoms with Crippen LogP contribution in [0.1, 0.15) is 20.8 Å². The summed E-state index contributed by atoms with van der Waals surface area (Å²) in [4.78, 5) is 21.2. The summed E-state index contributed by atoms with van der Waals surface area (Å²) in [7, 11) is 1.53. The van der Waals surface area contributed by atoms with Crippen molar-refractivity contribution in [3.8, 4) is 0 Å². The topological polar surface area (TPSA) is 66.8 Å². The molecule has 0 rings (SSSR count). The van der Waals surface area contributed by atoms with Gasteiger partial charge in [-0.3, -0.25) is 9.59 Å². The van der Waals surface area contributed by atoms with Crippen LogP contribution in [0.15, 0.2) is 0 Å². The van der Waals surface area contributed by atoms with Crippen LogP contribution in [0.3, 0.4) is 0 Å². The SMILES string of the molecule is CC(=O)N(C)CO.CCOC(C)=O. The molecule has 0 aliphatic carbocycles. The molecule has 0 unspecified atom stereocenters. The van der Waals surface area contributed by atoms with Crippen molar-refractivity contribution in [1.29, 1.82) is 0 Å². The summed E-state index contributed by atoms with van der Waals surface area (Å²) < 4.78 is 4.40. The maximum Gasteiger partial charge on any atom is 0.302 e. The van der Waals surface area contributed by atoms with Crippen LogP contribution < -0.4 is 0 Å². The minimum absolute atomic E-state index is 0.123. The third-order valence-corrected chi connectivity index (χ3v) is 1.10. The zero-order valence-corrected chi connectivity index (χ0v) is 8.53. The molecule has 0 atom stereocenters. The minimum Gasteiger partial charge on any atom is -0.466 e. The molecule has 0 fully saturated rings. The van der Waals surface area contributed by atoms with E-state index in [2.05, 4.69) is 4.74 Å². The third kappa shape index (κ3) is 13.8. The number of aliphatic hydroxyl groups is 1. The van der Waals surface area contributed by atoms with Crippen LogP contribution >= 0.6 is 0 Å². The van der Waals surface area contributed by atoms with E-state index in [4.69, 9.17) is 5.11 Å². The Bertz CT molecular complexity index is 158. The lowest BCUT2D eigenvalue weighted by Crippen LogP contribution is -2.24. The Labute approximate surface area is 78.3 Å². The Kier molecular flexibility index (Phi) is 9.98. The number of aliphatic hydroxyl groups excluding tert-OH is 1. The molecule has 0 aromatic heterocycles. The Hall–Kier alpha value is -1.10. The summed E-state index contributed by atoms with van der Waals surface area (Å²) >= 11 is 0. The highest BCUT2D eigenvalue weighted by Gasteiger charge is 1.94. The summed E-state index contributed by atoms with van der Waals surface area (Å²) in [6.45, 7) is 4.85. The number of hydrogen-bond acceptors (Lipinski definition) is 4. The normalized spacial score (nSPS) is 8.08. The summed E-state index contributed by atoms with van der Waals surface area (Å²) in [5.41, 5.74) is 0. The third-order valence-electron chi connectivity index (χ3n) is 1.10. The van der Waals surface area contributed by atoms with E-state index in [0.717, 1.165) is 0 Å². The largest absolute Gasteiger partial charge is 0.466 e. The van der Waals surface area contributed by atoms with Crippen LogP contribution in [-0.2, 0) is 14.3 Å². The lowest BCUT2D eigenvalue weighted by molar-refractivity contribution is -0.140. The van der Waals surface area contributed by atoms with E-state index in [1.807, 2.05) is 0 Å². The Morgan fingerprint density at radius 1 is 1.38 bits per heavy atom. The van der Waals surface area contributed by atoms with Crippen molar-refractivity contribution < 1.29 is 19.4 Å². The average molecular weight is 191 g/mol. The molecule has 5 nitrogen and oxygen atoms in total. The number of esters is 1. The van der Waals surface area contributed by atoms with Crippen molar-refractivity contribution >= 4 is 11.9 Å². The molecule has 0 aliphatic heterocycles. The second kappa shape index (κ2) is 8.99. The fourth-order valence-corrected chi connectivity index (χ4v) is 0.303. The predicted molar refractivity (Wildman–Crippen MR) is 47.8 cm³/mol. The summed E-state index contributed by atoms with van der Waals surface area (Å²) in [5, 5.41) is 8.21. The highest BCUT2D eigenvalue weighted by Crippen LogP contribution is 1.75. The molecule has 0 bridgehead atoms. The molecule has 0 aliphatic rings. The van der Waals surface area contributed by atoms with Crippen molar-refractivity contribution in [3.63, 3.8) is 0 Å². The zero-order valence-electron chi connectivity index (χ0n) is 8.53. The monoisotopic (exact) mass is 191 g/mol. The molecule has 0 spiro atoms. The van der Waals surface area contributed by atoms with E-state index in [1.165, 1.54) is 25.8 Å². The first kappa shape index (κ1) is 14.4. The Morgan fingerprint density at radius 3 is 1.85 bits per heavy atom. The van der Waals surface area contributed by atoms with Gasteiger partial charge in [0.05, 0.1) is 6.61 Å². The van der Waals surface area contributed by atoms with Crippen LogP contribution in [0.2, 0.25) is 0 Å². The van der Waals surface area contributed by atoms with Gasteiger partial charge < -0.3 is 14.7 Å². The molecule has 78 valence electrons. The van der Waals surface area contributed by atoms with Crippen LogP contribution in [0.5, 0.6) is 0 Å². The van der Waals surface area contributed by atoms with Crippen molar-refractivity contribution in [2.75, 3.05) is 20.4 Å². The van der Waals surface area contributed by atoms with Crippen molar-refractivity contribution in [1.82, 2.24) is 4.90 Å². The van der Waals surface area contributed by atoms with Crippen LogP contribution in [-0.4, -0.2) is 42.3 Å². The first-order valence-electron chi connectivity index (χ1n) is 3.91. The molecule has 0 heterocycles. The van der Waals surface area contributed by atoms with Gasteiger partial charge in [-0.1, -0.05) is 0 Å². The number of rotatable bonds is 2. The van der Waals surface area contributed by atoms with Gasteiger partial charge in [-0.05, 0) is 6.92 Å². The first-order valence-corrected chi connectivity index (χ1v) is 3.91. The van der Waals surface area contributed by atoms with Gasteiger partial charge >= 0.3 is 5.97 Å². The van der Waals surface area contributed by atoms with Gasteiger partial charge in [0.25, 0.3) is 0 Å². The Morgan fingerprint density at radius 2 is 1.85 bits per heavy atom. The lowest BCUT2D eigenvalue weighted by Gasteiger charge is -2.07. The Balaban J connectivity index is 0. The average Bonchev–Trinajstić information content (AvgIpc) is 2.03. The van der Waals surface area contributed by atoms with E-state index in [9.17, 15) is 9.59 Å². The molecule has 1 N–H and O–H groups in total. The fourth-order valence-electron chi connectivity index (χ4n) is 0.303. The van der Waals surface area contributed by atoms with E-state index in [1.54, 1.807) is 6.92 Å². The molecular weight excluding hydrogens is 174 g/mol. The van der Waals surface area contributed by atoms with Crippen molar-refractivity contribution in [2.45, 2.75) is 20.8 Å². The van der Waals surface area contributed by atoms with Gasteiger partial charge in [0, 0.05) is 20.9 Å². The summed E-state index contributed by atoms with van der Waals surface area (Å²) in [5.74, 6) is -0.333. The summed E-state index contributed by atoms with van der Waals surface area (Å²) in [6, 6.07) is 0. The number of carbonyl (C=O) groups is 2. The van der Waals surface area contributed by atoms with Crippen LogP contribution in [0, 0.1) is 0 Å². The molecular formula is C8H17NO4. The fraction of sp³-hybridized carbons (Fsp3) is 0.750. The quantitative estimate of drug-likeness (QED) is 0.492. The standard InChI is InChI=1S/C4H9NO2.C4H8O2/c1-4(7)5(2)3-6;1-3-6-4(2)5/h6H,3H2,1-2H3;3H2,1-2H3. The maximum atomic E-state index is 10.1. The number of nitrogens with zero attached hydrogens (tertiary/aromatic N) is 1. The minimum atomic E-state index is -0.211. The van der Waals surface area contributed by atoms with E-state index < -0.39 is 0 Å². The van der Waals surface area contributed by atoms with Gasteiger partial charge in [-0.15, -0.1) is 0 Å². The molecule has 1 amide bonds. The van der Waals surface area contributed by atoms with E-state index in [-0.39, 0.29) is 18.6 Å². The zero-order chi connectivity index (χ0) is 10.9. The summed E-state index contributed by atoms with van der Waals surface area (Å²) in [6.07, 6.45) is 0. The molecule has 13 heavy (non-hydrogen) atoms. The molecule has 0 aromatic carbocycles. The van der Waals surface area contributed by atoms with Gasteiger partial charge in [0.2, 0.25) is 5.91 Å². The number of amides is 1. The van der Waals surface area contributed by atoms with E-state index in [0.29, 0.717) is 6.61 Å². The second-order valence-corrected chi connectivity index (χ2v) is 2.28. The van der Waals surface area contributed by atoms with Gasteiger partial charge in [0.15, 0.2) is 0 Å². The van der Waals surface area contributed by atoms with Gasteiger partial charge in [-0.2, -0.15) is 0 Å². The molecule has 5 heteroatoms. The van der Waals surface area contributed by atoms with Gasteiger partial charge in [0.1, 0.15) is 6.73 Å². The van der Waals surface area contributed by atoms with E-state index >= 15 is 0 Å². The second-order valence-electron chi connectivity index (χ2n) is 2.28. The lowest BCUT2D eigenvalue weighted by atomic mass is 10.6. The van der Waals surface area contributed by atoms with Crippen LogP contribution in [0.4, 0.5) is 0 Å². The predicted octanol–water partition coefficient (Wildman–Crippen LogP) is -0.0161. The molecule has 0 radical (unpaired) electrons.